The van der Waals surface area contributed by atoms with E-state index >= 15 is 0 Å². The number of hydrogen-bond donors (Lipinski definition) is 1. The quantitative estimate of drug-likeness (QED) is 0.836. The van der Waals surface area contributed by atoms with Crippen LogP contribution in [0.1, 0.15) is 5.76 Å². The molecule has 1 aromatic heterocycles. The first-order valence-electron chi connectivity index (χ1n) is 6.61. The summed E-state index contributed by atoms with van der Waals surface area (Å²) in [6.45, 7) is 2.03. The van der Waals surface area contributed by atoms with Crippen molar-refractivity contribution in [2.24, 2.45) is 0 Å². The molecule has 20 heavy (non-hydrogen) atoms. The molecule has 2 aromatic rings. The Hall–Kier alpha value is -1.85. The minimum atomic E-state index is -0.820. The number of para-hydroxylation sites is 1. The third-order valence-electron chi connectivity index (χ3n) is 3.08. The molecule has 0 aliphatic heterocycles. The van der Waals surface area contributed by atoms with Crippen LogP contribution in [0.25, 0.3) is 11.0 Å². The van der Waals surface area contributed by atoms with Crippen LogP contribution in [0.15, 0.2) is 34.7 Å². The fourth-order valence-electron chi connectivity index (χ4n) is 2.08. The Morgan fingerprint density at radius 2 is 2.00 bits per heavy atom. The maximum Gasteiger partial charge on any atom is 0.317 e. The van der Waals surface area contributed by atoms with Crippen LogP contribution in [-0.2, 0) is 11.3 Å². The van der Waals surface area contributed by atoms with Gasteiger partial charge in [-0.05, 0) is 26.2 Å². The average Bonchev–Trinajstić information content (AvgIpc) is 2.77. The van der Waals surface area contributed by atoms with Crippen molar-refractivity contribution in [3.63, 3.8) is 0 Å². The van der Waals surface area contributed by atoms with Gasteiger partial charge in [-0.3, -0.25) is 9.69 Å². The highest BCUT2D eigenvalue weighted by Gasteiger charge is 2.13. The Morgan fingerprint density at radius 3 is 2.65 bits per heavy atom. The first-order valence-corrected chi connectivity index (χ1v) is 6.61. The monoisotopic (exact) mass is 276 g/mol. The van der Waals surface area contributed by atoms with Crippen molar-refractivity contribution in [3.8, 4) is 0 Å². The Bertz CT molecular complexity index is 544. The minimum Gasteiger partial charge on any atom is -0.480 e. The number of carboxylic acid groups (broad SMARTS) is 1. The van der Waals surface area contributed by atoms with Crippen LogP contribution < -0.4 is 0 Å². The zero-order valence-corrected chi connectivity index (χ0v) is 11.9. The summed E-state index contributed by atoms with van der Waals surface area (Å²) in [7, 11) is 3.94. The molecule has 0 saturated heterocycles. The lowest BCUT2D eigenvalue weighted by Crippen LogP contribution is -2.35. The molecule has 5 heteroatoms. The lowest BCUT2D eigenvalue weighted by molar-refractivity contribution is -0.138. The topological polar surface area (TPSA) is 56.9 Å². The van der Waals surface area contributed by atoms with E-state index in [0.29, 0.717) is 13.1 Å². The maximum absolute atomic E-state index is 10.9. The third-order valence-corrected chi connectivity index (χ3v) is 3.08. The van der Waals surface area contributed by atoms with Crippen molar-refractivity contribution in [1.29, 1.82) is 0 Å². The third kappa shape index (κ3) is 4.08. The van der Waals surface area contributed by atoms with Crippen LogP contribution in [-0.4, -0.2) is 54.6 Å². The van der Waals surface area contributed by atoms with Gasteiger partial charge in [-0.1, -0.05) is 18.2 Å². The van der Waals surface area contributed by atoms with Gasteiger partial charge in [-0.25, -0.2) is 0 Å². The summed E-state index contributed by atoms with van der Waals surface area (Å²) in [5.74, 6) is -0.0222. The average molecular weight is 276 g/mol. The van der Waals surface area contributed by atoms with Gasteiger partial charge in [0.15, 0.2) is 0 Å². The molecule has 1 aromatic carbocycles. The molecule has 0 unspecified atom stereocenters. The number of hydrogen-bond acceptors (Lipinski definition) is 4. The Morgan fingerprint density at radius 1 is 1.25 bits per heavy atom. The highest BCUT2D eigenvalue weighted by Crippen LogP contribution is 2.19. The summed E-state index contributed by atoms with van der Waals surface area (Å²) in [6.07, 6.45) is 0. The predicted molar refractivity (Wildman–Crippen MR) is 77.7 cm³/mol. The fourth-order valence-corrected chi connectivity index (χ4v) is 2.08. The van der Waals surface area contributed by atoms with Gasteiger partial charge < -0.3 is 14.4 Å². The zero-order chi connectivity index (χ0) is 14.5. The summed E-state index contributed by atoms with van der Waals surface area (Å²) >= 11 is 0. The van der Waals surface area contributed by atoms with Crippen LogP contribution in [0.5, 0.6) is 0 Å². The Balaban J connectivity index is 2.07. The van der Waals surface area contributed by atoms with Crippen LogP contribution in [0, 0.1) is 0 Å². The van der Waals surface area contributed by atoms with Gasteiger partial charge in [-0.15, -0.1) is 0 Å². The molecule has 0 aliphatic carbocycles. The van der Waals surface area contributed by atoms with E-state index in [1.165, 1.54) is 0 Å². The molecular weight excluding hydrogens is 256 g/mol. The fraction of sp³-hybridized carbons (Fsp3) is 0.400. The number of likely N-dealkylation sites (N-methyl/N-ethyl adjacent to an activating group) is 1. The van der Waals surface area contributed by atoms with Crippen molar-refractivity contribution in [2.75, 3.05) is 33.7 Å². The van der Waals surface area contributed by atoms with E-state index in [4.69, 9.17) is 9.52 Å². The van der Waals surface area contributed by atoms with Gasteiger partial charge in [0.25, 0.3) is 0 Å². The number of carbonyl (C=O) groups is 1. The van der Waals surface area contributed by atoms with E-state index in [-0.39, 0.29) is 6.54 Å². The molecule has 108 valence electrons. The van der Waals surface area contributed by atoms with E-state index in [0.717, 1.165) is 23.3 Å². The van der Waals surface area contributed by atoms with Crippen molar-refractivity contribution < 1.29 is 14.3 Å². The van der Waals surface area contributed by atoms with Gasteiger partial charge in [0, 0.05) is 18.5 Å². The number of fused-ring (bicyclic) bond motifs is 1. The summed E-state index contributed by atoms with van der Waals surface area (Å²) in [5, 5.41) is 10.0. The Kier molecular flexibility index (Phi) is 4.76. The molecule has 0 aliphatic rings. The van der Waals surface area contributed by atoms with Crippen LogP contribution >= 0.6 is 0 Å². The molecule has 1 heterocycles. The van der Waals surface area contributed by atoms with Crippen molar-refractivity contribution in [3.05, 3.63) is 36.1 Å². The van der Waals surface area contributed by atoms with Crippen LogP contribution in [0.4, 0.5) is 0 Å². The molecule has 0 radical (unpaired) electrons. The number of carboxylic acids is 1. The van der Waals surface area contributed by atoms with Gasteiger partial charge in [0.1, 0.15) is 11.3 Å². The van der Waals surface area contributed by atoms with Crippen LogP contribution in [0.2, 0.25) is 0 Å². The number of aliphatic carboxylic acids is 1. The van der Waals surface area contributed by atoms with Gasteiger partial charge in [-0.2, -0.15) is 0 Å². The highest BCUT2D eigenvalue weighted by molar-refractivity contribution is 5.77. The number of benzene rings is 1. The molecule has 2 rings (SSSR count). The molecule has 0 fully saturated rings. The number of rotatable bonds is 7. The number of furan rings is 1. The Labute approximate surface area is 118 Å². The molecule has 0 atom stereocenters. The lowest BCUT2D eigenvalue weighted by Gasteiger charge is -2.21. The van der Waals surface area contributed by atoms with Crippen molar-refractivity contribution in [2.45, 2.75) is 6.54 Å². The van der Waals surface area contributed by atoms with E-state index in [1.54, 1.807) is 0 Å². The summed E-state index contributed by atoms with van der Waals surface area (Å²) in [4.78, 5) is 14.8. The summed E-state index contributed by atoms with van der Waals surface area (Å²) < 4.78 is 5.74. The molecule has 5 nitrogen and oxygen atoms in total. The van der Waals surface area contributed by atoms with Gasteiger partial charge >= 0.3 is 5.97 Å². The lowest BCUT2D eigenvalue weighted by atomic mass is 10.2. The first-order chi connectivity index (χ1) is 9.54. The smallest absolute Gasteiger partial charge is 0.317 e. The van der Waals surface area contributed by atoms with Crippen molar-refractivity contribution in [1.82, 2.24) is 9.80 Å². The predicted octanol–water partition coefficient (Wildman–Crippen LogP) is 1.88. The minimum absolute atomic E-state index is 0.0187. The summed E-state index contributed by atoms with van der Waals surface area (Å²) in [6, 6.07) is 9.77. The molecule has 1 N–H and O–H groups in total. The molecule has 0 amide bonds. The molecule has 0 spiro atoms. The second-order valence-electron chi connectivity index (χ2n) is 5.16. The number of nitrogens with zero attached hydrogens (tertiary/aromatic N) is 2. The molecular formula is C15H20N2O3. The SMILES string of the molecule is CN(C)CCN(CC(=O)O)Cc1cc2ccccc2o1. The second-order valence-corrected chi connectivity index (χ2v) is 5.16. The van der Waals surface area contributed by atoms with E-state index < -0.39 is 5.97 Å². The standard InChI is InChI=1S/C15H20N2O3/c1-16(2)7-8-17(11-15(18)19)10-13-9-12-5-3-4-6-14(12)20-13/h3-6,9H,7-8,10-11H2,1-2H3,(H,18,19). The molecule has 0 bridgehead atoms. The van der Waals surface area contributed by atoms with Crippen LogP contribution in [0.3, 0.4) is 0 Å². The largest absolute Gasteiger partial charge is 0.480 e. The van der Waals surface area contributed by atoms with Crippen molar-refractivity contribution >= 4 is 16.9 Å². The first kappa shape index (κ1) is 14.6. The van der Waals surface area contributed by atoms with Gasteiger partial charge in [0.05, 0.1) is 13.1 Å². The second kappa shape index (κ2) is 6.54. The maximum atomic E-state index is 10.9. The molecule has 0 saturated carbocycles. The zero-order valence-electron chi connectivity index (χ0n) is 11.9. The highest BCUT2D eigenvalue weighted by atomic mass is 16.4. The van der Waals surface area contributed by atoms with Gasteiger partial charge in [0.2, 0.25) is 0 Å². The summed E-state index contributed by atoms with van der Waals surface area (Å²) in [5.41, 5.74) is 0.838. The van der Waals surface area contributed by atoms with E-state index in [1.807, 2.05) is 54.2 Å². The van der Waals surface area contributed by atoms with E-state index in [2.05, 4.69) is 0 Å². The van der Waals surface area contributed by atoms with E-state index in [9.17, 15) is 4.79 Å². The normalized spacial score (nSPS) is 11.6.